The maximum absolute atomic E-state index is 13.7. The van der Waals surface area contributed by atoms with Gasteiger partial charge in [0, 0.05) is 12.6 Å². The molecule has 1 fully saturated rings. The maximum atomic E-state index is 13.7. The topological polar surface area (TPSA) is 76.8 Å². The largest absolute Gasteiger partial charge is 0.435 e. The molecule has 0 aliphatic carbocycles. The van der Waals surface area contributed by atoms with Crippen LogP contribution in [-0.4, -0.2) is 48.6 Å². The zero-order chi connectivity index (χ0) is 23.6. The molecule has 1 amide bonds. The molecule has 1 aliphatic rings. The third kappa shape index (κ3) is 5.04. The summed E-state index contributed by atoms with van der Waals surface area (Å²) in [5.41, 5.74) is 1.56. The Labute approximate surface area is 189 Å². The van der Waals surface area contributed by atoms with E-state index in [0.29, 0.717) is 36.3 Å². The normalized spacial score (nSPS) is 19.0. The molecule has 0 spiro atoms. The van der Waals surface area contributed by atoms with Crippen LogP contribution in [0.5, 0.6) is 0 Å². The van der Waals surface area contributed by atoms with Crippen molar-refractivity contribution in [3.8, 4) is 5.69 Å². The third-order valence-electron chi connectivity index (χ3n) is 6.10. The van der Waals surface area contributed by atoms with Crippen LogP contribution in [0.2, 0.25) is 0 Å². The minimum Gasteiger partial charge on any atom is -0.335 e. The molecule has 0 radical (unpaired) electrons. The van der Waals surface area contributed by atoms with Gasteiger partial charge in [-0.3, -0.25) is 4.79 Å². The number of benzene rings is 1. The number of nitrogens with zero attached hydrogens (tertiary/aromatic N) is 6. The Morgan fingerprint density at radius 2 is 1.88 bits per heavy atom. The van der Waals surface area contributed by atoms with Gasteiger partial charge in [-0.05, 0) is 62.8 Å². The Morgan fingerprint density at radius 3 is 2.55 bits per heavy atom. The Kier molecular flexibility index (Phi) is 6.44. The van der Waals surface area contributed by atoms with E-state index in [2.05, 4.69) is 27.3 Å². The van der Waals surface area contributed by atoms with E-state index in [1.54, 1.807) is 12.4 Å². The van der Waals surface area contributed by atoms with Gasteiger partial charge in [0.2, 0.25) is 0 Å². The van der Waals surface area contributed by atoms with E-state index in [1.165, 1.54) is 10.9 Å². The molecule has 174 valence electrons. The van der Waals surface area contributed by atoms with Crippen LogP contribution in [0.1, 0.15) is 53.5 Å². The lowest BCUT2D eigenvalue weighted by atomic mass is 9.86. The summed E-state index contributed by atoms with van der Waals surface area (Å²) >= 11 is 0. The Bertz CT molecular complexity index is 1100. The minimum atomic E-state index is -4.51. The van der Waals surface area contributed by atoms with Crippen LogP contribution in [-0.2, 0) is 12.6 Å². The SMILES string of the molecule is Cc1ccc(-n2nccn2)c(C(=O)N2CCC[C@@H](C)C2CCc2ccc(C(F)(F)F)nn2)c1. The van der Waals surface area contributed by atoms with Crippen LogP contribution < -0.4 is 0 Å². The first-order valence-electron chi connectivity index (χ1n) is 10.9. The molecule has 33 heavy (non-hydrogen) atoms. The Morgan fingerprint density at radius 1 is 1.12 bits per heavy atom. The fourth-order valence-corrected chi connectivity index (χ4v) is 4.37. The van der Waals surface area contributed by atoms with E-state index in [-0.39, 0.29) is 17.9 Å². The first-order valence-corrected chi connectivity index (χ1v) is 10.9. The van der Waals surface area contributed by atoms with Gasteiger partial charge in [0.05, 0.1) is 29.3 Å². The second-order valence-corrected chi connectivity index (χ2v) is 8.47. The number of aryl methyl sites for hydroxylation is 2. The summed E-state index contributed by atoms with van der Waals surface area (Å²) in [5.74, 6) is 0.155. The summed E-state index contributed by atoms with van der Waals surface area (Å²) in [6.07, 6.45) is 1.51. The van der Waals surface area contributed by atoms with Crippen LogP contribution in [0.4, 0.5) is 13.2 Å². The second kappa shape index (κ2) is 9.29. The second-order valence-electron chi connectivity index (χ2n) is 8.47. The zero-order valence-electron chi connectivity index (χ0n) is 18.5. The number of rotatable bonds is 5. The lowest BCUT2D eigenvalue weighted by Gasteiger charge is -2.40. The number of hydrogen-bond acceptors (Lipinski definition) is 5. The highest BCUT2D eigenvalue weighted by Gasteiger charge is 2.34. The van der Waals surface area contributed by atoms with Crippen molar-refractivity contribution in [2.24, 2.45) is 5.92 Å². The number of likely N-dealkylation sites (tertiary alicyclic amines) is 1. The molecule has 0 saturated carbocycles. The van der Waals surface area contributed by atoms with Gasteiger partial charge in [0.15, 0.2) is 5.69 Å². The summed E-state index contributed by atoms with van der Waals surface area (Å²) in [5, 5.41) is 15.4. The van der Waals surface area contributed by atoms with E-state index in [9.17, 15) is 18.0 Å². The number of halogens is 3. The van der Waals surface area contributed by atoms with Crippen LogP contribution in [0.15, 0.2) is 42.7 Å². The van der Waals surface area contributed by atoms with E-state index in [4.69, 9.17) is 0 Å². The number of carbonyl (C=O) groups is 1. The average Bonchev–Trinajstić information content (AvgIpc) is 3.32. The zero-order valence-corrected chi connectivity index (χ0v) is 18.5. The third-order valence-corrected chi connectivity index (χ3v) is 6.10. The Hall–Kier alpha value is -3.30. The summed E-state index contributed by atoms with van der Waals surface area (Å²) < 4.78 is 38.3. The molecule has 1 aliphatic heterocycles. The molecule has 3 aromatic rings. The van der Waals surface area contributed by atoms with Crippen LogP contribution in [0.3, 0.4) is 0 Å². The van der Waals surface area contributed by atoms with Gasteiger partial charge in [-0.15, -0.1) is 5.10 Å². The van der Waals surface area contributed by atoms with E-state index in [1.807, 2.05) is 30.0 Å². The fraction of sp³-hybridized carbons (Fsp3) is 0.435. The first kappa shape index (κ1) is 22.9. The predicted molar refractivity (Wildman–Crippen MR) is 115 cm³/mol. The molecular formula is C23H25F3N6O. The van der Waals surface area contributed by atoms with Gasteiger partial charge >= 0.3 is 6.18 Å². The molecular weight excluding hydrogens is 433 g/mol. The monoisotopic (exact) mass is 458 g/mol. The first-order chi connectivity index (χ1) is 15.7. The van der Waals surface area contributed by atoms with Gasteiger partial charge in [-0.2, -0.15) is 33.3 Å². The van der Waals surface area contributed by atoms with Crippen molar-refractivity contribution in [2.75, 3.05) is 6.54 Å². The quantitative estimate of drug-likeness (QED) is 0.571. The molecule has 4 rings (SSSR count). The number of amides is 1. The van der Waals surface area contributed by atoms with Crippen molar-refractivity contribution in [1.29, 1.82) is 0 Å². The lowest BCUT2D eigenvalue weighted by Crippen LogP contribution is -2.48. The number of carbonyl (C=O) groups excluding carboxylic acids is 1. The van der Waals surface area contributed by atoms with Crippen molar-refractivity contribution in [2.45, 2.75) is 51.7 Å². The molecule has 10 heteroatoms. The molecule has 2 atom stereocenters. The molecule has 1 aromatic carbocycles. The Balaban J connectivity index is 1.55. The predicted octanol–water partition coefficient (Wildman–Crippen LogP) is 4.26. The fourth-order valence-electron chi connectivity index (χ4n) is 4.37. The highest BCUT2D eigenvalue weighted by molar-refractivity contribution is 5.98. The average molecular weight is 458 g/mol. The number of hydrogen-bond donors (Lipinski definition) is 0. The van der Waals surface area contributed by atoms with Gasteiger partial charge in [0.1, 0.15) is 0 Å². The smallest absolute Gasteiger partial charge is 0.335 e. The van der Waals surface area contributed by atoms with E-state index in [0.717, 1.165) is 24.5 Å². The van der Waals surface area contributed by atoms with Crippen molar-refractivity contribution in [3.63, 3.8) is 0 Å². The summed E-state index contributed by atoms with van der Waals surface area (Å²) in [7, 11) is 0. The number of alkyl halides is 3. The molecule has 3 heterocycles. The molecule has 1 saturated heterocycles. The van der Waals surface area contributed by atoms with Crippen molar-refractivity contribution in [3.05, 3.63) is 65.2 Å². The standard InChI is InChI=1S/C23H25F3N6O/c1-15-5-8-20(32-27-11-12-28-32)18(14-15)22(33)31-13-3-4-16(2)19(31)9-6-17-7-10-21(30-29-17)23(24,25)26/h5,7-8,10-12,14,16,19H,3-4,6,9,13H2,1-2H3/t16-,19?/m1/s1. The minimum absolute atomic E-state index is 0.0608. The van der Waals surface area contributed by atoms with Crippen LogP contribution >= 0.6 is 0 Å². The maximum Gasteiger partial charge on any atom is 0.435 e. The highest BCUT2D eigenvalue weighted by atomic mass is 19.4. The van der Waals surface area contributed by atoms with Crippen molar-refractivity contribution < 1.29 is 18.0 Å². The molecule has 2 aromatic heterocycles. The highest BCUT2D eigenvalue weighted by Crippen LogP contribution is 2.30. The van der Waals surface area contributed by atoms with E-state index < -0.39 is 11.9 Å². The summed E-state index contributed by atoms with van der Waals surface area (Å²) in [4.78, 5) is 17.0. The molecule has 1 unspecified atom stereocenters. The molecule has 0 bridgehead atoms. The lowest BCUT2D eigenvalue weighted by molar-refractivity contribution is -0.141. The van der Waals surface area contributed by atoms with Gasteiger partial charge in [-0.1, -0.05) is 18.6 Å². The van der Waals surface area contributed by atoms with Crippen molar-refractivity contribution >= 4 is 5.91 Å². The van der Waals surface area contributed by atoms with E-state index >= 15 is 0 Å². The molecule has 0 N–H and O–H groups in total. The summed E-state index contributed by atoms with van der Waals surface area (Å²) in [6, 6.07) is 7.84. The number of piperidine rings is 1. The van der Waals surface area contributed by atoms with Crippen LogP contribution in [0, 0.1) is 12.8 Å². The summed E-state index contributed by atoms with van der Waals surface area (Å²) in [6.45, 7) is 4.65. The molecule has 7 nitrogen and oxygen atoms in total. The number of aromatic nitrogens is 5. The van der Waals surface area contributed by atoms with Gasteiger partial charge in [0.25, 0.3) is 5.91 Å². The van der Waals surface area contributed by atoms with Gasteiger partial charge < -0.3 is 4.90 Å². The van der Waals surface area contributed by atoms with Crippen LogP contribution in [0.25, 0.3) is 5.69 Å². The van der Waals surface area contributed by atoms with Gasteiger partial charge in [-0.25, -0.2) is 0 Å². The van der Waals surface area contributed by atoms with Crippen molar-refractivity contribution in [1.82, 2.24) is 30.1 Å².